The van der Waals surface area contributed by atoms with E-state index in [9.17, 15) is 4.79 Å². The Hall–Kier alpha value is -1.24. The van der Waals surface area contributed by atoms with E-state index in [0.717, 1.165) is 0 Å². The van der Waals surface area contributed by atoms with Crippen LogP contribution in [0, 0.1) is 17.4 Å². The van der Waals surface area contributed by atoms with Crippen molar-refractivity contribution in [3.05, 3.63) is 0 Å². The number of ether oxygens (including phenoxy) is 2. The van der Waals surface area contributed by atoms with Gasteiger partial charge in [-0.15, -0.1) is 0 Å². The molecule has 4 heteroatoms. The maximum atomic E-state index is 10.8. The van der Waals surface area contributed by atoms with Crippen LogP contribution in [0.5, 0.6) is 0 Å². The Balaban J connectivity index is 4.12. The molecule has 0 rings (SSSR count). The summed E-state index contributed by atoms with van der Waals surface area (Å²) in [6.07, 6.45) is 0.690. The van der Waals surface area contributed by atoms with Crippen molar-refractivity contribution in [2.75, 3.05) is 7.11 Å². The van der Waals surface area contributed by atoms with E-state index >= 15 is 0 Å². The molecule has 0 fully saturated rings. The lowest BCUT2D eigenvalue weighted by Crippen LogP contribution is -2.29. The average Bonchev–Trinajstić information content (AvgIpc) is 1.98. The number of rotatable bonds is 3. The van der Waals surface area contributed by atoms with Gasteiger partial charge in [0, 0.05) is 5.92 Å². The summed E-state index contributed by atoms with van der Waals surface area (Å²) in [6.45, 7) is 3.55. The van der Waals surface area contributed by atoms with Crippen LogP contribution in [-0.2, 0) is 14.3 Å². The molecule has 0 aliphatic rings. The van der Waals surface area contributed by atoms with Crippen LogP contribution >= 0.6 is 0 Å². The van der Waals surface area contributed by atoms with Gasteiger partial charge in [-0.3, -0.25) is 0 Å². The summed E-state index contributed by atoms with van der Waals surface area (Å²) in [7, 11) is 1.26. The molecule has 11 heavy (non-hydrogen) atoms. The molecule has 0 spiro atoms. The van der Waals surface area contributed by atoms with E-state index in [1.807, 2.05) is 0 Å². The highest BCUT2D eigenvalue weighted by molar-refractivity contribution is 5.74. The maximum Gasteiger partial charge on any atom is 0.348 e. The summed E-state index contributed by atoms with van der Waals surface area (Å²) < 4.78 is 8.90. The molecule has 0 N–H and O–H groups in total. The number of carbonyl (C=O) groups is 1. The summed E-state index contributed by atoms with van der Waals surface area (Å²) in [5, 5.41) is 8.15. The quantitative estimate of drug-likeness (QED) is 0.446. The first-order valence-electron chi connectivity index (χ1n) is 3.26. The highest BCUT2D eigenvalue weighted by Crippen LogP contribution is 2.07. The topological polar surface area (TPSA) is 59.3 Å². The van der Waals surface area contributed by atoms with E-state index in [1.165, 1.54) is 13.4 Å². The summed E-state index contributed by atoms with van der Waals surface area (Å²) in [5.74, 6) is -0.566. The van der Waals surface area contributed by atoms with Crippen molar-refractivity contribution in [3.8, 4) is 6.26 Å². The summed E-state index contributed by atoms with van der Waals surface area (Å²) in [4.78, 5) is 10.8. The van der Waals surface area contributed by atoms with E-state index in [2.05, 4.69) is 9.47 Å². The maximum absolute atomic E-state index is 10.8. The van der Waals surface area contributed by atoms with Gasteiger partial charge in [0.2, 0.25) is 6.10 Å². The average molecular weight is 157 g/mol. The van der Waals surface area contributed by atoms with Gasteiger partial charge in [0.15, 0.2) is 0 Å². The van der Waals surface area contributed by atoms with E-state index in [0.29, 0.717) is 0 Å². The van der Waals surface area contributed by atoms with Crippen LogP contribution in [-0.4, -0.2) is 19.2 Å². The van der Waals surface area contributed by atoms with Crippen molar-refractivity contribution < 1.29 is 14.3 Å². The molecule has 4 nitrogen and oxygen atoms in total. The standard InChI is InChI=1S/C7H11NO3/c1-5(2)6(11-4-8)7(9)10-3/h5-6H,1-3H3. The monoisotopic (exact) mass is 157 g/mol. The Kier molecular flexibility index (Phi) is 4.04. The fraction of sp³-hybridized carbons (Fsp3) is 0.714. The third kappa shape index (κ3) is 2.89. The van der Waals surface area contributed by atoms with Crippen molar-refractivity contribution in [1.82, 2.24) is 0 Å². The Morgan fingerprint density at radius 1 is 1.55 bits per heavy atom. The molecule has 0 heterocycles. The van der Waals surface area contributed by atoms with E-state index in [4.69, 9.17) is 5.26 Å². The highest BCUT2D eigenvalue weighted by Gasteiger charge is 2.24. The van der Waals surface area contributed by atoms with Crippen LogP contribution in [0.15, 0.2) is 0 Å². The molecule has 0 amide bonds. The fourth-order valence-electron chi connectivity index (χ4n) is 0.629. The number of hydrogen-bond acceptors (Lipinski definition) is 4. The lowest BCUT2D eigenvalue weighted by atomic mass is 10.1. The van der Waals surface area contributed by atoms with Crippen molar-refractivity contribution in [3.63, 3.8) is 0 Å². The van der Waals surface area contributed by atoms with Crippen molar-refractivity contribution in [2.45, 2.75) is 20.0 Å². The van der Waals surface area contributed by atoms with Crippen molar-refractivity contribution in [2.24, 2.45) is 5.92 Å². The first-order valence-corrected chi connectivity index (χ1v) is 3.26. The normalized spacial score (nSPS) is 11.9. The van der Waals surface area contributed by atoms with Gasteiger partial charge >= 0.3 is 5.97 Å². The number of carbonyl (C=O) groups excluding carboxylic acids is 1. The molecule has 0 saturated heterocycles. The number of nitrogens with zero attached hydrogens (tertiary/aromatic N) is 1. The largest absolute Gasteiger partial charge is 0.466 e. The highest BCUT2D eigenvalue weighted by atomic mass is 16.6. The van der Waals surface area contributed by atoms with E-state index in [-0.39, 0.29) is 5.92 Å². The second-order valence-electron chi connectivity index (χ2n) is 2.40. The second kappa shape index (κ2) is 4.56. The van der Waals surface area contributed by atoms with Gasteiger partial charge in [-0.1, -0.05) is 13.8 Å². The van der Waals surface area contributed by atoms with Gasteiger partial charge in [-0.25, -0.2) is 4.79 Å². The van der Waals surface area contributed by atoms with Crippen LogP contribution in [0.4, 0.5) is 0 Å². The zero-order chi connectivity index (χ0) is 8.85. The zero-order valence-electron chi connectivity index (χ0n) is 6.83. The molecule has 62 valence electrons. The predicted molar refractivity (Wildman–Crippen MR) is 37.3 cm³/mol. The van der Waals surface area contributed by atoms with Gasteiger partial charge in [-0.2, -0.15) is 5.26 Å². The minimum absolute atomic E-state index is 0.0536. The molecule has 0 aromatic heterocycles. The molecule has 0 saturated carbocycles. The Bertz CT molecular complexity index is 171. The van der Waals surface area contributed by atoms with Gasteiger partial charge in [-0.05, 0) is 0 Å². The molecule has 0 aromatic carbocycles. The Morgan fingerprint density at radius 3 is 2.36 bits per heavy atom. The third-order valence-electron chi connectivity index (χ3n) is 1.22. The van der Waals surface area contributed by atoms with Gasteiger partial charge in [0.25, 0.3) is 6.26 Å². The molecular formula is C7H11NO3. The van der Waals surface area contributed by atoms with Crippen LogP contribution < -0.4 is 0 Å². The van der Waals surface area contributed by atoms with Crippen LogP contribution in [0.3, 0.4) is 0 Å². The first-order chi connectivity index (χ1) is 5.13. The van der Waals surface area contributed by atoms with Crippen molar-refractivity contribution in [1.29, 1.82) is 5.26 Å². The van der Waals surface area contributed by atoms with E-state index in [1.54, 1.807) is 13.8 Å². The minimum Gasteiger partial charge on any atom is -0.466 e. The first kappa shape index (κ1) is 9.76. The van der Waals surface area contributed by atoms with Gasteiger partial charge in [0.05, 0.1) is 7.11 Å². The lowest BCUT2D eigenvalue weighted by Gasteiger charge is -2.13. The second-order valence-corrected chi connectivity index (χ2v) is 2.40. The zero-order valence-corrected chi connectivity index (χ0v) is 6.83. The summed E-state index contributed by atoms with van der Waals surface area (Å²) >= 11 is 0. The molecule has 1 unspecified atom stereocenters. The Morgan fingerprint density at radius 2 is 2.09 bits per heavy atom. The van der Waals surface area contributed by atoms with Crippen LogP contribution in [0.2, 0.25) is 0 Å². The number of hydrogen-bond donors (Lipinski definition) is 0. The number of esters is 1. The molecular weight excluding hydrogens is 146 g/mol. The lowest BCUT2D eigenvalue weighted by molar-refractivity contribution is -0.152. The number of nitriles is 1. The third-order valence-corrected chi connectivity index (χ3v) is 1.22. The van der Waals surface area contributed by atoms with Crippen molar-refractivity contribution >= 4 is 5.97 Å². The molecule has 0 bridgehead atoms. The predicted octanol–water partition coefficient (Wildman–Crippen LogP) is 0.682. The van der Waals surface area contributed by atoms with E-state index < -0.39 is 12.1 Å². The molecule has 0 radical (unpaired) electrons. The molecule has 0 aromatic rings. The molecule has 0 aliphatic heterocycles. The Labute approximate surface area is 65.7 Å². The summed E-state index contributed by atoms with van der Waals surface area (Å²) in [5.41, 5.74) is 0. The fourth-order valence-corrected chi connectivity index (χ4v) is 0.629. The van der Waals surface area contributed by atoms with Crippen LogP contribution in [0.25, 0.3) is 0 Å². The summed E-state index contributed by atoms with van der Waals surface area (Å²) in [6, 6.07) is 0. The van der Waals surface area contributed by atoms with Crippen LogP contribution in [0.1, 0.15) is 13.8 Å². The SMILES string of the molecule is COC(=O)C(OC#N)C(C)C. The molecule has 0 aliphatic carbocycles. The number of methoxy groups -OCH3 is 1. The van der Waals surface area contributed by atoms with Gasteiger partial charge < -0.3 is 9.47 Å². The molecule has 1 atom stereocenters. The smallest absolute Gasteiger partial charge is 0.348 e. The van der Waals surface area contributed by atoms with Gasteiger partial charge in [0.1, 0.15) is 0 Å². The minimum atomic E-state index is -0.773.